The van der Waals surface area contributed by atoms with Gasteiger partial charge in [0.1, 0.15) is 5.40 Å². The topological polar surface area (TPSA) is 49.8 Å². The Balaban J connectivity index is 2.48. The van der Waals surface area contributed by atoms with E-state index in [2.05, 4.69) is 0 Å². The summed E-state index contributed by atoms with van der Waals surface area (Å²) in [6.45, 7) is 0. The minimum absolute atomic E-state index is 0.213. The maximum Gasteiger partial charge on any atom is 0.138 e. The van der Waals surface area contributed by atoms with Gasteiger partial charge < -0.3 is 5.50 Å². The van der Waals surface area contributed by atoms with Crippen LogP contribution in [0.1, 0.15) is 0 Å². The van der Waals surface area contributed by atoms with Crippen LogP contribution in [0.5, 0.6) is 0 Å². The first-order chi connectivity index (χ1) is 2.41. The van der Waals surface area contributed by atoms with Gasteiger partial charge in [0.25, 0.3) is 0 Å². The van der Waals surface area contributed by atoms with Crippen LogP contribution in [-0.4, -0.2) is 0 Å². The molecule has 5 heavy (non-hydrogen) atoms. The third-order valence-electron chi connectivity index (χ3n) is 0.105. The van der Waals surface area contributed by atoms with Crippen LogP contribution >= 0.6 is 19.3 Å². The maximum atomic E-state index is 7.71. The molecule has 4 heteroatoms. The molecule has 2 N–H and O–H groups in total. The summed E-state index contributed by atoms with van der Waals surface area (Å²) in [5.41, 5.74) is 4.91. The quantitative estimate of drug-likeness (QED) is 0.394. The predicted octanol–water partition coefficient (Wildman–Crippen LogP) is 0.668. The number of rotatable bonds is 1. The van der Waals surface area contributed by atoms with Gasteiger partial charge in [0.2, 0.25) is 0 Å². The molecule has 0 fully saturated rings. The zero-order chi connectivity index (χ0) is 4.12. The van der Waals surface area contributed by atoms with Crippen LogP contribution in [0.2, 0.25) is 0 Å². The molecule has 0 heterocycles. The number of hydrogen-bond acceptors (Lipinski definition) is 3. The lowest BCUT2D eigenvalue weighted by molar-refractivity contribution is 1.57. The number of nitrogens with two attached hydrogens (primary N) is 1. The Morgan fingerprint density at radius 1 is 2.00 bits per heavy atom. The van der Waals surface area contributed by atoms with Gasteiger partial charge in [-0.2, -0.15) is 5.26 Å². The molecule has 0 spiro atoms. The third kappa shape index (κ3) is 4.23. The van der Waals surface area contributed by atoms with Crippen molar-refractivity contribution in [2.45, 2.75) is 0 Å². The van der Waals surface area contributed by atoms with Gasteiger partial charge in [-0.1, -0.05) is 0 Å². The summed E-state index contributed by atoms with van der Waals surface area (Å²) < 4.78 is 0. The molecule has 0 amide bonds. The number of nitriles is 1. The average Bonchev–Trinajstić information content (AvgIpc) is 1.41. The van der Waals surface area contributed by atoms with Gasteiger partial charge in [-0.05, 0) is 11.4 Å². The van der Waals surface area contributed by atoms with Crippen molar-refractivity contribution in [1.82, 2.24) is 0 Å². The Kier molecular flexibility index (Phi) is 4.42. The van der Waals surface area contributed by atoms with Crippen molar-refractivity contribution in [3.63, 3.8) is 0 Å². The van der Waals surface area contributed by atoms with Crippen LogP contribution in [0, 0.1) is 10.7 Å². The molecule has 28 valence electrons. The van der Waals surface area contributed by atoms with Crippen molar-refractivity contribution in [3.05, 3.63) is 0 Å². The fourth-order valence-electron chi connectivity index (χ4n) is 0.0264. The molecular weight excluding hydrogens is 103 g/mol. The zero-order valence-electron chi connectivity index (χ0n) is 2.43. The van der Waals surface area contributed by atoms with Crippen molar-refractivity contribution >= 4 is 19.3 Å². The Labute approximate surface area is 36.3 Å². The first-order valence-corrected chi connectivity index (χ1v) is 3.54. The highest BCUT2D eigenvalue weighted by Gasteiger charge is 1.65. The molecule has 0 aliphatic heterocycles. The van der Waals surface area contributed by atoms with E-state index >= 15 is 0 Å². The molecule has 0 saturated carbocycles. The van der Waals surface area contributed by atoms with Gasteiger partial charge in [-0.25, -0.2) is 0 Å². The average molecular weight is 106 g/mol. The summed E-state index contributed by atoms with van der Waals surface area (Å²) >= 11 is 1.07. The molecule has 0 bridgehead atoms. The van der Waals surface area contributed by atoms with E-state index in [0.29, 0.717) is 0 Å². The minimum atomic E-state index is 0.213. The molecule has 0 aromatic rings. The van der Waals surface area contributed by atoms with Crippen molar-refractivity contribution < 1.29 is 0 Å². The van der Waals surface area contributed by atoms with E-state index < -0.39 is 0 Å². The zero-order valence-corrected chi connectivity index (χ0v) is 4.25. The molecule has 0 radical (unpaired) electrons. The van der Waals surface area contributed by atoms with Gasteiger partial charge in [0.15, 0.2) is 0 Å². The van der Waals surface area contributed by atoms with Gasteiger partial charge in [0.05, 0.1) is 0 Å². The highest BCUT2D eigenvalue weighted by Crippen LogP contribution is 2.16. The highest BCUT2D eigenvalue weighted by atomic mass is 32.7. The van der Waals surface area contributed by atoms with Crippen LogP contribution in [-0.2, 0) is 0 Å². The highest BCUT2D eigenvalue weighted by molar-refractivity contribution is 8.51. The van der Waals surface area contributed by atoms with Crippen molar-refractivity contribution in [2.24, 2.45) is 5.50 Å². The van der Waals surface area contributed by atoms with Crippen molar-refractivity contribution in [3.8, 4) is 5.40 Å². The Morgan fingerprint density at radius 3 is 2.60 bits per heavy atom. The lowest BCUT2D eigenvalue weighted by Gasteiger charge is -1.67. The van der Waals surface area contributed by atoms with Gasteiger partial charge >= 0.3 is 0 Å². The molecule has 2 nitrogen and oxygen atoms in total. The summed E-state index contributed by atoms with van der Waals surface area (Å²) in [6, 6.07) is 0. The summed E-state index contributed by atoms with van der Waals surface area (Å²) in [4.78, 5) is 0. The SMILES string of the molecule is N#CSPN. The Morgan fingerprint density at radius 2 is 2.60 bits per heavy atom. The fourth-order valence-corrected chi connectivity index (χ4v) is 0.237. The molecule has 0 saturated heterocycles. The standard InChI is InChI=1S/CH3N2PS/c2-1-5-4-3/h4H,3H2. The summed E-state index contributed by atoms with van der Waals surface area (Å²) in [5, 5.41) is 9.53. The molecule has 1 atom stereocenters. The predicted molar refractivity (Wildman–Crippen MR) is 25.7 cm³/mol. The number of nitrogens with zero attached hydrogens (tertiary/aromatic N) is 1. The van der Waals surface area contributed by atoms with E-state index in [-0.39, 0.29) is 7.93 Å². The Hall–Kier alpha value is 0.230. The van der Waals surface area contributed by atoms with E-state index in [4.69, 9.17) is 10.8 Å². The summed E-state index contributed by atoms with van der Waals surface area (Å²) in [5.74, 6) is 0. The summed E-state index contributed by atoms with van der Waals surface area (Å²) in [6.07, 6.45) is 0. The first kappa shape index (κ1) is 5.23. The van der Waals surface area contributed by atoms with Crippen LogP contribution in [0.25, 0.3) is 0 Å². The van der Waals surface area contributed by atoms with Gasteiger partial charge in [-0.15, -0.1) is 0 Å². The number of hydrogen-bond donors (Lipinski definition) is 1. The van der Waals surface area contributed by atoms with Crippen molar-refractivity contribution in [1.29, 1.82) is 5.26 Å². The molecular formula is CH3N2PS. The van der Waals surface area contributed by atoms with Gasteiger partial charge in [0, 0.05) is 7.93 Å². The largest absolute Gasteiger partial charge is 0.303 e. The van der Waals surface area contributed by atoms with Crippen LogP contribution < -0.4 is 5.50 Å². The smallest absolute Gasteiger partial charge is 0.138 e. The van der Waals surface area contributed by atoms with E-state index in [1.807, 2.05) is 5.40 Å². The maximum absolute atomic E-state index is 7.71. The molecule has 0 rings (SSSR count). The Bertz CT molecular complexity index is 48.1. The van der Waals surface area contributed by atoms with Crippen LogP contribution in [0.4, 0.5) is 0 Å². The monoisotopic (exact) mass is 106 g/mol. The molecule has 0 aromatic carbocycles. The van der Waals surface area contributed by atoms with Crippen LogP contribution in [0.15, 0.2) is 0 Å². The normalized spacial score (nSPS) is 8.80. The lowest BCUT2D eigenvalue weighted by atomic mass is 11.8. The third-order valence-corrected chi connectivity index (χ3v) is 0.941. The van der Waals surface area contributed by atoms with Crippen molar-refractivity contribution in [2.75, 3.05) is 0 Å². The van der Waals surface area contributed by atoms with E-state index in [1.54, 1.807) is 0 Å². The fraction of sp³-hybridized carbons (Fsp3) is 0. The minimum Gasteiger partial charge on any atom is -0.303 e. The van der Waals surface area contributed by atoms with Crippen LogP contribution in [0.3, 0.4) is 0 Å². The first-order valence-electron chi connectivity index (χ1n) is 0.921. The lowest BCUT2D eigenvalue weighted by Crippen LogP contribution is -1.58. The molecule has 1 unspecified atom stereocenters. The second-order valence-corrected chi connectivity index (χ2v) is 2.25. The molecule has 0 aliphatic carbocycles. The van der Waals surface area contributed by atoms with E-state index in [1.165, 1.54) is 0 Å². The second-order valence-electron chi connectivity index (χ2n) is 0.311. The van der Waals surface area contributed by atoms with E-state index in [0.717, 1.165) is 11.4 Å². The molecule has 0 aromatic heterocycles. The number of thiocyanates is 1. The summed E-state index contributed by atoms with van der Waals surface area (Å²) in [7, 11) is 0.213. The molecule has 0 aliphatic rings. The van der Waals surface area contributed by atoms with E-state index in [9.17, 15) is 0 Å². The van der Waals surface area contributed by atoms with Gasteiger partial charge in [-0.3, -0.25) is 0 Å². The second kappa shape index (κ2) is 4.23.